The van der Waals surface area contributed by atoms with Gasteiger partial charge in [0.05, 0.1) is 6.61 Å². The van der Waals surface area contributed by atoms with Crippen molar-refractivity contribution in [3.8, 4) is 0 Å². The smallest absolute Gasteiger partial charge is 0.323 e. The number of anilines is 3. The van der Waals surface area contributed by atoms with Crippen molar-refractivity contribution in [3.63, 3.8) is 0 Å². The Morgan fingerprint density at radius 2 is 1.68 bits per heavy atom. The standard InChI is InChI=1S/C17H19Cl2N3O3/c18-12-2-1-11(3-5-23)16(9-12)22-17(25)21-15-8-13(19)7-14(10-15)20-4-6-24/h1-2,7-10,20,23-24H,3-6H2,(H2,21,22,25). The minimum atomic E-state index is -0.461. The molecule has 0 bridgehead atoms. The van der Waals surface area contributed by atoms with Gasteiger partial charge in [0.1, 0.15) is 0 Å². The highest BCUT2D eigenvalue weighted by molar-refractivity contribution is 6.31. The molecule has 2 rings (SSSR count). The normalized spacial score (nSPS) is 10.4. The molecule has 134 valence electrons. The molecule has 0 unspecified atom stereocenters. The zero-order valence-electron chi connectivity index (χ0n) is 13.4. The molecule has 0 spiro atoms. The summed E-state index contributed by atoms with van der Waals surface area (Å²) < 4.78 is 0. The fourth-order valence-corrected chi connectivity index (χ4v) is 2.66. The number of halogens is 2. The van der Waals surface area contributed by atoms with E-state index in [1.807, 2.05) is 0 Å². The zero-order valence-corrected chi connectivity index (χ0v) is 14.9. The Kier molecular flexibility index (Phi) is 7.33. The van der Waals surface area contributed by atoms with Crippen molar-refractivity contribution < 1.29 is 15.0 Å². The Balaban J connectivity index is 2.10. The van der Waals surface area contributed by atoms with E-state index < -0.39 is 6.03 Å². The maximum atomic E-state index is 12.3. The van der Waals surface area contributed by atoms with Crippen LogP contribution in [-0.4, -0.2) is 36.0 Å². The summed E-state index contributed by atoms with van der Waals surface area (Å²) in [6.07, 6.45) is 0.402. The minimum Gasteiger partial charge on any atom is -0.396 e. The van der Waals surface area contributed by atoms with Crippen LogP contribution in [0.3, 0.4) is 0 Å². The number of aliphatic hydroxyl groups excluding tert-OH is 2. The van der Waals surface area contributed by atoms with Crippen LogP contribution in [0.25, 0.3) is 0 Å². The van der Waals surface area contributed by atoms with E-state index in [-0.39, 0.29) is 13.2 Å². The lowest BCUT2D eigenvalue weighted by atomic mass is 10.1. The number of carbonyl (C=O) groups is 1. The van der Waals surface area contributed by atoms with Gasteiger partial charge in [-0.1, -0.05) is 29.3 Å². The summed E-state index contributed by atoms with van der Waals surface area (Å²) in [6, 6.07) is 9.62. The molecular formula is C17H19Cl2N3O3. The summed E-state index contributed by atoms with van der Waals surface area (Å²) in [6.45, 7) is 0.323. The van der Waals surface area contributed by atoms with E-state index in [0.29, 0.717) is 40.1 Å². The summed E-state index contributed by atoms with van der Waals surface area (Å²) >= 11 is 12.0. The molecule has 8 heteroatoms. The molecule has 0 aromatic heterocycles. The lowest BCUT2D eigenvalue weighted by Gasteiger charge is -2.13. The van der Waals surface area contributed by atoms with E-state index in [1.54, 1.807) is 36.4 Å². The van der Waals surface area contributed by atoms with E-state index in [2.05, 4.69) is 16.0 Å². The Bertz CT molecular complexity index is 741. The van der Waals surface area contributed by atoms with Crippen LogP contribution in [0, 0.1) is 0 Å². The first-order valence-corrected chi connectivity index (χ1v) is 8.40. The number of amides is 2. The Morgan fingerprint density at radius 3 is 2.40 bits per heavy atom. The minimum absolute atomic E-state index is 0.0157. The maximum Gasteiger partial charge on any atom is 0.323 e. The van der Waals surface area contributed by atoms with Crippen molar-refractivity contribution in [1.82, 2.24) is 0 Å². The second kappa shape index (κ2) is 9.48. The van der Waals surface area contributed by atoms with Crippen molar-refractivity contribution in [2.45, 2.75) is 6.42 Å². The van der Waals surface area contributed by atoms with Crippen LogP contribution in [0.5, 0.6) is 0 Å². The number of urea groups is 1. The monoisotopic (exact) mass is 383 g/mol. The van der Waals surface area contributed by atoms with Crippen molar-refractivity contribution >= 4 is 46.3 Å². The van der Waals surface area contributed by atoms with Gasteiger partial charge in [0.15, 0.2) is 0 Å². The second-order valence-corrected chi connectivity index (χ2v) is 6.11. The van der Waals surface area contributed by atoms with Gasteiger partial charge in [0.25, 0.3) is 0 Å². The molecule has 0 radical (unpaired) electrons. The van der Waals surface area contributed by atoms with E-state index in [0.717, 1.165) is 5.56 Å². The Morgan fingerprint density at radius 1 is 0.920 bits per heavy atom. The van der Waals surface area contributed by atoms with Crippen molar-refractivity contribution in [1.29, 1.82) is 0 Å². The molecule has 25 heavy (non-hydrogen) atoms. The number of benzene rings is 2. The Labute approximate surface area is 155 Å². The van der Waals surface area contributed by atoms with Crippen LogP contribution in [0.1, 0.15) is 5.56 Å². The number of rotatable bonds is 7. The summed E-state index contributed by atoms with van der Waals surface area (Å²) in [5.41, 5.74) is 2.48. The highest BCUT2D eigenvalue weighted by Gasteiger charge is 2.09. The number of nitrogens with one attached hydrogen (secondary N) is 3. The van der Waals surface area contributed by atoms with E-state index in [9.17, 15) is 4.79 Å². The summed E-state index contributed by atoms with van der Waals surface area (Å²) in [4.78, 5) is 12.3. The van der Waals surface area contributed by atoms with Gasteiger partial charge < -0.3 is 26.2 Å². The predicted octanol–water partition coefficient (Wildman–Crippen LogP) is 3.58. The van der Waals surface area contributed by atoms with Crippen LogP contribution >= 0.6 is 23.2 Å². The molecule has 0 saturated carbocycles. The van der Waals surface area contributed by atoms with Crippen molar-refractivity contribution in [2.75, 3.05) is 35.7 Å². The average Bonchev–Trinajstić information content (AvgIpc) is 2.55. The topological polar surface area (TPSA) is 93.6 Å². The molecule has 0 aliphatic carbocycles. The van der Waals surface area contributed by atoms with Gasteiger partial charge in [-0.25, -0.2) is 4.79 Å². The lowest BCUT2D eigenvalue weighted by Crippen LogP contribution is -2.20. The van der Waals surface area contributed by atoms with E-state index in [1.165, 1.54) is 0 Å². The zero-order chi connectivity index (χ0) is 18.2. The van der Waals surface area contributed by atoms with E-state index >= 15 is 0 Å². The van der Waals surface area contributed by atoms with Crippen molar-refractivity contribution in [2.24, 2.45) is 0 Å². The number of aliphatic hydroxyl groups is 2. The summed E-state index contributed by atoms with van der Waals surface area (Å²) in [5.74, 6) is 0. The summed E-state index contributed by atoms with van der Waals surface area (Å²) in [5, 5.41) is 27.3. The lowest BCUT2D eigenvalue weighted by molar-refractivity contribution is 0.262. The molecule has 2 aromatic rings. The maximum absolute atomic E-state index is 12.3. The predicted molar refractivity (Wildman–Crippen MR) is 102 cm³/mol. The number of hydrogen-bond acceptors (Lipinski definition) is 4. The van der Waals surface area contributed by atoms with Crippen LogP contribution in [0.2, 0.25) is 10.0 Å². The molecule has 2 aromatic carbocycles. The highest BCUT2D eigenvalue weighted by atomic mass is 35.5. The second-order valence-electron chi connectivity index (χ2n) is 5.23. The molecule has 0 fully saturated rings. The fraction of sp³-hybridized carbons (Fsp3) is 0.235. The molecule has 5 N–H and O–H groups in total. The summed E-state index contributed by atoms with van der Waals surface area (Å²) in [7, 11) is 0. The molecule has 2 amide bonds. The largest absolute Gasteiger partial charge is 0.396 e. The highest BCUT2D eigenvalue weighted by Crippen LogP contribution is 2.24. The van der Waals surface area contributed by atoms with Gasteiger partial charge in [0, 0.05) is 40.3 Å². The molecule has 0 aliphatic heterocycles. The first-order valence-electron chi connectivity index (χ1n) is 7.64. The van der Waals surface area contributed by atoms with Gasteiger partial charge in [0.2, 0.25) is 0 Å². The quantitative estimate of drug-likeness (QED) is 0.505. The van der Waals surface area contributed by atoms with Crippen LogP contribution in [-0.2, 0) is 6.42 Å². The van der Waals surface area contributed by atoms with Gasteiger partial charge >= 0.3 is 6.03 Å². The van der Waals surface area contributed by atoms with Crippen molar-refractivity contribution in [3.05, 3.63) is 52.0 Å². The van der Waals surface area contributed by atoms with Gasteiger partial charge in [-0.2, -0.15) is 0 Å². The van der Waals surface area contributed by atoms with Crippen LogP contribution < -0.4 is 16.0 Å². The molecule has 0 saturated heterocycles. The Hall–Kier alpha value is -1.99. The third kappa shape index (κ3) is 6.10. The van der Waals surface area contributed by atoms with E-state index in [4.69, 9.17) is 33.4 Å². The number of hydrogen-bond donors (Lipinski definition) is 5. The molecule has 0 atom stereocenters. The third-order valence-corrected chi connectivity index (χ3v) is 3.75. The first-order chi connectivity index (χ1) is 12.0. The van der Waals surface area contributed by atoms with Crippen LogP contribution in [0.15, 0.2) is 36.4 Å². The third-order valence-electron chi connectivity index (χ3n) is 3.30. The SMILES string of the molecule is O=C(Nc1cc(Cl)cc(NCCO)c1)Nc1cc(Cl)ccc1CCO. The molecular weight excluding hydrogens is 365 g/mol. The van der Waals surface area contributed by atoms with Gasteiger partial charge in [-0.3, -0.25) is 0 Å². The van der Waals surface area contributed by atoms with Gasteiger partial charge in [-0.05, 0) is 42.3 Å². The fourth-order valence-electron chi connectivity index (χ4n) is 2.25. The molecule has 0 aliphatic rings. The van der Waals surface area contributed by atoms with Crippen LogP contribution in [0.4, 0.5) is 21.9 Å². The number of carbonyl (C=O) groups excluding carboxylic acids is 1. The molecule has 0 heterocycles. The first kappa shape index (κ1) is 19.3. The molecule has 6 nitrogen and oxygen atoms in total. The average molecular weight is 384 g/mol. The van der Waals surface area contributed by atoms with Gasteiger partial charge in [-0.15, -0.1) is 0 Å².